The van der Waals surface area contributed by atoms with Gasteiger partial charge in [-0.1, -0.05) is 24.3 Å². The van der Waals surface area contributed by atoms with Crippen LogP contribution < -0.4 is 10.4 Å². The van der Waals surface area contributed by atoms with Gasteiger partial charge in [-0.3, -0.25) is 14.6 Å². The van der Waals surface area contributed by atoms with Gasteiger partial charge in [0.25, 0.3) is 5.91 Å². The van der Waals surface area contributed by atoms with Crippen LogP contribution in [0.25, 0.3) is 0 Å². The van der Waals surface area contributed by atoms with Gasteiger partial charge in [0, 0.05) is 17.7 Å². The zero-order chi connectivity index (χ0) is 22.6. The molecule has 0 radical (unpaired) electrons. The molecule has 0 saturated carbocycles. The van der Waals surface area contributed by atoms with Crippen LogP contribution in [0.3, 0.4) is 0 Å². The number of nitrogens with zero attached hydrogens (tertiary/aromatic N) is 4. The van der Waals surface area contributed by atoms with Crippen LogP contribution in [-0.4, -0.2) is 39.0 Å². The van der Waals surface area contributed by atoms with Gasteiger partial charge < -0.3 is 10.0 Å². The van der Waals surface area contributed by atoms with Crippen LogP contribution in [0.2, 0.25) is 0 Å². The minimum Gasteiger partial charge on any atom is -0.502 e. The van der Waals surface area contributed by atoms with Gasteiger partial charge in [-0.25, -0.2) is 8.78 Å². The van der Waals surface area contributed by atoms with Crippen LogP contribution in [0.4, 0.5) is 8.78 Å². The van der Waals surface area contributed by atoms with Crippen LogP contribution >= 0.6 is 0 Å². The first-order valence-electron chi connectivity index (χ1n) is 10.3. The van der Waals surface area contributed by atoms with E-state index in [1.807, 2.05) is 0 Å². The van der Waals surface area contributed by atoms with Crippen LogP contribution in [0, 0.1) is 11.6 Å². The number of aryl methyl sites for hydroxylation is 2. The molecular formula is C23H20F2N4O3. The van der Waals surface area contributed by atoms with E-state index in [0.717, 1.165) is 22.1 Å². The number of carbonyl (C=O) groups is 1. The van der Waals surface area contributed by atoms with Crippen LogP contribution in [-0.2, 0) is 12.8 Å². The van der Waals surface area contributed by atoms with Gasteiger partial charge in [0.05, 0.1) is 0 Å². The van der Waals surface area contributed by atoms with Gasteiger partial charge >= 0.3 is 0 Å². The van der Waals surface area contributed by atoms with E-state index in [4.69, 9.17) is 0 Å². The lowest BCUT2D eigenvalue weighted by atomic mass is 9.93. The van der Waals surface area contributed by atoms with Gasteiger partial charge in [0.15, 0.2) is 11.4 Å². The highest BCUT2D eigenvalue weighted by Gasteiger charge is 2.40. The number of rotatable bonds is 2. The third kappa shape index (κ3) is 2.88. The molecular weight excluding hydrogens is 418 g/mol. The SMILES string of the molecule is CCN1CN(C2c3c(F)cccc3CCc3cccc(F)c32)n2ncc(=O)c(O)c2C1=O. The minimum absolute atomic E-state index is 0.0378. The topological polar surface area (TPSA) is 78.7 Å². The first kappa shape index (κ1) is 20.2. The molecule has 1 aromatic heterocycles. The van der Waals surface area contributed by atoms with Gasteiger partial charge in [-0.05, 0) is 43.0 Å². The van der Waals surface area contributed by atoms with Crippen molar-refractivity contribution >= 4 is 5.91 Å². The Morgan fingerprint density at radius 3 is 2.19 bits per heavy atom. The molecule has 9 heteroatoms. The zero-order valence-electron chi connectivity index (χ0n) is 17.3. The van der Waals surface area contributed by atoms with Crippen molar-refractivity contribution in [1.82, 2.24) is 14.8 Å². The molecule has 1 amide bonds. The number of fused-ring (bicyclic) bond motifs is 3. The first-order chi connectivity index (χ1) is 15.4. The summed E-state index contributed by atoms with van der Waals surface area (Å²) >= 11 is 0. The van der Waals surface area contributed by atoms with Crippen molar-refractivity contribution in [3.05, 3.63) is 92.4 Å². The number of benzene rings is 2. The maximum absolute atomic E-state index is 15.3. The fourth-order valence-corrected chi connectivity index (χ4v) is 4.63. The standard InChI is InChI=1S/C23H20F2N4O3/c1-2-27-12-28(29-21(23(27)32)22(31)17(30)11-26-29)20-18-13(5-3-7-15(18)24)9-10-14-6-4-8-16(25)19(14)20/h3-8,11,20,31H,2,9-10,12H2,1H3. The Kier molecular flexibility index (Phi) is 4.69. The summed E-state index contributed by atoms with van der Waals surface area (Å²) in [7, 11) is 0. The quantitative estimate of drug-likeness (QED) is 0.665. The Morgan fingerprint density at radius 1 is 1.03 bits per heavy atom. The molecule has 2 heterocycles. The lowest BCUT2D eigenvalue weighted by Crippen LogP contribution is -2.56. The third-order valence-electron chi connectivity index (χ3n) is 6.17. The molecule has 1 aliphatic carbocycles. The van der Waals surface area contributed by atoms with E-state index in [1.165, 1.54) is 22.0 Å². The highest BCUT2D eigenvalue weighted by atomic mass is 19.1. The van der Waals surface area contributed by atoms with Gasteiger partial charge in [0.1, 0.15) is 30.5 Å². The van der Waals surface area contributed by atoms with E-state index in [-0.39, 0.29) is 30.0 Å². The second-order valence-corrected chi connectivity index (χ2v) is 7.87. The summed E-state index contributed by atoms with van der Waals surface area (Å²) in [5.74, 6) is -2.34. The number of halogens is 2. The Bertz CT molecular complexity index is 1250. The maximum Gasteiger partial charge on any atom is 0.279 e. The van der Waals surface area contributed by atoms with Crippen molar-refractivity contribution in [2.24, 2.45) is 0 Å². The molecule has 5 rings (SSSR count). The Labute approximate surface area is 182 Å². The van der Waals surface area contributed by atoms with Crippen molar-refractivity contribution in [3.8, 4) is 5.75 Å². The van der Waals surface area contributed by atoms with Gasteiger partial charge in [0.2, 0.25) is 5.43 Å². The summed E-state index contributed by atoms with van der Waals surface area (Å²) in [5, 5.41) is 16.0. The molecule has 0 bridgehead atoms. The predicted molar refractivity (Wildman–Crippen MR) is 112 cm³/mol. The molecule has 1 aliphatic heterocycles. The van der Waals surface area contributed by atoms with Crippen LogP contribution in [0.5, 0.6) is 5.75 Å². The summed E-state index contributed by atoms with van der Waals surface area (Å²) in [6.07, 6.45) is 1.92. The zero-order valence-corrected chi connectivity index (χ0v) is 17.3. The van der Waals surface area contributed by atoms with Crippen LogP contribution in [0.15, 0.2) is 47.4 Å². The lowest BCUT2D eigenvalue weighted by molar-refractivity contribution is 0.0677. The molecule has 32 heavy (non-hydrogen) atoms. The van der Waals surface area contributed by atoms with E-state index in [9.17, 15) is 14.7 Å². The second-order valence-electron chi connectivity index (χ2n) is 7.87. The van der Waals surface area contributed by atoms with Gasteiger partial charge in [-0.15, -0.1) is 0 Å². The molecule has 1 N–H and O–H groups in total. The number of carbonyl (C=O) groups excluding carboxylic acids is 1. The van der Waals surface area contributed by atoms with Crippen LogP contribution in [0.1, 0.15) is 45.7 Å². The van der Waals surface area contributed by atoms with Crippen molar-refractivity contribution < 1.29 is 18.7 Å². The molecule has 0 spiro atoms. The molecule has 2 aromatic carbocycles. The van der Waals surface area contributed by atoms with Crippen molar-refractivity contribution in [1.29, 1.82) is 0 Å². The minimum atomic E-state index is -0.972. The number of aromatic nitrogens is 2. The first-order valence-corrected chi connectivity index (χ1v) is 10.3. The lowest BCUT2D eigenvalue weighted by Gasteiger charge is -2.42. The van der Waals surface area contributed by atoms with E-state index in [1.54, 1.807) is 31.2 Å². The Hall–Kier alpha value is -3.75. The summed E-state index contributed by atoms with van der Waals surface area (Å²) in [4.78, 5) is 27.5. The molecule has 0 atom stereocenters. The Balaban J connectivity index is 1.84. The average molecular weight is 438 g/mol. The fraction of sp³-hybridized carbons (Fsp3) is 0.261. The molecule has 3 aromatic rings. The highest BCUT2D eigenvalue weighted by Crippen LogP contribution is 2.40. The van der Waals surface area contributed by atoms with E-state index >= 15 is 8.78 Å². The monoisotopic (exact) mass is 438 g/mol. The molecule has 0 saturated heterocycles. The fourth-order valence-electron chi connectivity index (χ4n) is 4.63. The molecule has 0 unspecified atom stereocenters. The van der Waals surface area contributed by atoms with Crippen molar-refractivity contribution in [2.75, 3.05) is 18.2 Å². The molecule has 7 nitrogen and oxygen atoms in total. The number of hydrogen-bond acceptors (Lipinski definition) is 5. The average Bonchev–Trinajstić information content (AvgIpc) is 2.95. The smallest absolute Gasteiger partial charge is 0.279 e. The molecule has 164 valence electrons. The summed E-state index contributed by atoms with van der Waals surface area (Å²) < 4.78 is 30.6. The Morgan fingerprint density at radius 2 is 1.62 bits per heavy atom. The maximum atomic E-state index is 15.3. The van der Waals surface area contributed by atoms with Crippen molar-refractivity contribution in [2.45, 2.75) is 25.8 Å². The predicted octanol–water partition coefficient (Wildman–Crippen LogP) is 2.49. The summed E-state index contributed by atoms with van der Waals surface area (Å²) in [6, 6.07) is 8.51. The van der Waals surface area contributed by atoms with E-state index < -0.39 is 34.8 Å². The summed E-state index contributed by atoms with van der Waals surface area (Å²) in [6.45, 7) is 1.97. The highest BCUT2D eigenvalue weighted by molar-refractivity contribution is 5.96. The summed E-state index contributed by atoms with van der Waals surface area (Å²) in [5.41, 5.74) is 0.877. The molecule has 0 fully saturated rings. The third-order valence-corrected chi connectivity index (χ3v) is 6.17. The normalized spacial score (nSPS) is 15.8. The largest absolute Gasteiger partial charge is 0.502 e. The number of amides is 1. The van der Waals surface area contributed by atoms with E-state index in [0.29, 0.717) is 12.8 Å². The number of aromatic hydroxyl groups is 1. The van der Waals surface area contributed by atoms with Crippen molar-refractivity contribution in [3.63, 3.8) is 0 Å². The van der Waals surface area contributed by atoms with Gasteiger partial charge in [-0.2, -0.15) is 9.89 Å². The number of hydrogen-bond donors (Lipinski definition) is 1. The van der Waals surface area contributed by atoms with E-state index in [2.05, 4.69) is 5.10 Å². The molecule has 2 aliphatic rings. The second kappa shape index (κ2) is 7.44.